The predicted octanol–water partition coefficient (Wildman–Crippen LogP) is 3.01. The molecule has 2 aromatic rings. The van der Waals surface area contributed by atoms with Crippen molar-refractivity contribution < 1.29 is 13.9 Å². The van der Waals surface area contributed by atoms with Crippen molar-refractivity contribution in [3.8, 4) is 5.75 Å². The Kier molecular flexibility index (Phi) is 5.25. The van der Waals surface area contributed by atoms with Crippen molar-refractivity contribution in [1.82, 2.24) is 9.36 Å². The van der Waals surface area contributed by atoms with Gasteiger partial charge in [0.05, 0.1) is 13.2 Å². The Morgan fingerprint density at radius 1 is 1.40 bits per heavy atom. The molecular formula is C13H16FN3O2S. The van der Waals surface area contributed by atoms with Gasteiger partial charge in [-0.15, -0.1) is 0 Å². The van der Waals surface area contributed by atoms with E-state index in [-0.39, 0.29) is 5.75 Å². The summed E-state index contributed by atoms with van der Waals surface area (Å²) in [6, 6.07) is 4.71. The van der Waals surface area contributed by atoms with Crippen LogP contribution in [0, 0.1) is 5.82 Å². The van der Waals surface area contributed by atoms with Gasteiger partial charge in [0.15, 0.2) is 11.6 Å². The van der Waals surface area contributed by atoms with E-state index < -0.39 is 5.82 Å². The Morgan fingerprint density at radius 2 is 2.25 bits per heavy atom. The topological polar surface area (TPSA) is 56.3 Å². The molecule has 1 N–H and O–H groups in total. The smallest absolute Gasteiger partial charge is 0.207 e. The highest BCUT2D eigenvalue weighted by molar-refractivity contribution is 7.09. The van der Waals surface area contributed by atoms with E-state index in [4.69, 9.17) is 9.47 Å². The van der Waals surface area contributed by atoms with Crippen LogP contribution in [-0.2, 0) is 11.2 Å². The second-order valence-corrected chi connectivity index (χ2v) is 4.71. The molecule has 0 aliphatic rings. The first kappa shape index (κ1) is 14.7. The number of hydrogen-bond donors (Lipinski definition) is 1. The molecule has 0 fully saturated rings. The molecule has 0 aliphatic carbocycles. The number of halogens is 1. The zero-order valence-electron chi connectivity index (χ0n) is 11.4. The fraction of sp³-hybridized carbons (Fsp3) is 0.385. The van der Waals surface area contributed by atoms with E-state index in [1.807, 2.05) is 6.92 Å². The number of anilines is 2. The SMILES string of the molecule is CCOc1ccc(Nc2nc(CCOC)ns2)cc1F. The fourth-order valence-electron chi connectivity index (χ4n) is 1.57. The van der Waals surface area contributed by atoms with Gasteiger partial charge in [0, 0.05) is 36.8 Å². The molecule has 1 heterocycles. The molecule has 7 heteroatoms. The number of methoxy groups -OCH3 is 1. The van der Waals surface area contributed by atoms with Gasteiger partial charge in [0.2, 0.25) is 5.13 Å². The third-order valence-electron chi connectivity index (χ3n) is 2.48. The Balaban J connectivity index is 2.02. The maximum Gasteiger partial charge on any atom is 0.207 e. The van der Waals surface area contributed by atoms with Crippen LogP contribution in [0.15, 0.2) is 18.2 Å². The average molecular weight is 297 g/mol. The van der Waals surface area contributed by atoms with Crippen LogP contribution in [0.5, 0.6) is 5.75 Å². The lowest BCUT2D eigenvalue weighted by molar-refractivity contribution is 0.201. The minimum atomic E-state index is -0.402. The third kappa shape index (κ3) is 3.88. The maximum absolute atomic E-state index is 13.7. The first-order valence-corrected chi connectivity index (χ1v) is 7.01. The number of nitrogens with zero attached hydrogens (tertiary/aromatic N) is 2. The van der Waals surface area contributed by atoms with E-state index in [0.29, 0.717) is 36.3 Å². The zero-order valence-corrected chi connectivity index (χ0v) is 12.2. The van der Waals surface area contributed by atoms with Gasteiger partial charge in [-0.1, -0.05) is 0 Å². The summed E-state index contributed by atoms with van der Waals surface area (Å²) in [5, 5.41) is 3.64. The van der Waals surface area contributed by atoms with Crippen LogP contribution >= 0.6 is 11.5 Å². The molecule has 1 aromatic heterocycles. The Morgan fingerprint density at radius 3 is 2.95 bits per heavy atom. The summed E-state index contributed by atoms with van der Waals surface area (Å²) in [5.74, 6) is 0.558. The normalized spacial score (nSPS) is 10.6. The van der Waals surface area contributed by atoms with Crippen molar-refractivity contribution >= 4 is 22.4 Å². The van der Waals surface area contributed by atoms with E-state index in [1.54, 1.807) is 19.2 Å². The van der Waals surface area contributed by atoms with E-state index >= 15 is 0 Å². The molecule has 0 amide bonds. The van der Waals surface area contributed by atoms with Crippen LogP contribution < -0.4 is 10.1 Å². The molecule has 0 atom stereocenters. The molecule has 20 heavy (non-hydrogen) atoms. The van der Waals surface area contributed by atoms with Crippen molar-refractivity contribution in [1.29, 1.82) is 0 Å². The number of aromatic nitrogens is 2. The van der Waals surface area contributed by atoms with Crippen molar-refractivity contribution in [3.63, 3.8) is 0 Å². The van der Waals surface area contributed by atoms with Crippen molar-refractivity contribution in [2.45, 2.75) is 13.3 Å². The maximum atomic E-state index is 13.7. The molecule has 2 rings (SSSR count). The fourth-order valence-corrected chi connectivity index (χ4v) is 2.21. The Bertz CT molecular complexity index is 562. The standard InChI is InChI=1S/C13H16FN3O2S/c1-3-19-11-5-4-9(8-10(11)14)15-13-16-12(17-20-13)6-7-18-2/h4-5,8H,3,6-7H2,1-2H3,(H,15,16,17). The molecule has 0 radical (unpaired) electrons. The Labute approximate surface area is 120 Å². The molecule has 1 aromatic carbocycles. The van der Waals surface area contributed by atoms with Gasteiger partial charge in [-0.2, -0.15) is 4.37 Å². The number of benzene rings is 1. The molecule has 0 saturated heterocycles. The minimum absolute atomic E-state index is 0.246. The van der Waals surface area contributed by atoms with Crippen molar-refractivity contribution in [2.24, 2.45) is 0 Å². The lowest BCUT2D eigenvalue weighted by Gasteiger charge is -2.07. The molecule has 0 spiro atoms. The third-order valence-corrected chi connectivity index (χ3v) is 3.15. The highest BCUT2D eigenvalue weighted by Gasteiger charge is 2.07. The molecule has 0 saturated carbocycles. The molecule has 108 valence electrons. The lowest BCUT2D eigenvalue weighted by Crippen LogP contribution is -1.98. The van der Waals surface area contributed by atoms with Crippen molar-refractivity contribution in [3.05, 3.63) is 29.8 Å². The number of ether oxygens (including phenoxy) is 2. The Hall–Kier alpha value is -1.73. The predicted molar refractivity (Wildman–Crippen MR) is 76.3 cm³/mol. The summed E-state index contributed by atoms with van der Waals surface area (Å²) in [6.45, 7) is 2.82. The van der Waals surface area contributed by atoms with E-state index in [2.05, 4.69) is 14.7 Å². The van der Waals surface area contributed by atoms with Crippen LogP contribution in [0.25, 0.3) is 0 Å². The van der Waals surface area contributed by atoms with Crippen LogP contribution in [0.3, 0.4) is 0 Å². The largest absolute Gasteiger partial charge is 0.491 e. The number of nitrogens with one attached hydrogen (secondary N) is 1. The number of hydrogen-bond acceptors (Lipinski definition) is 6. The van der Waals surface area contributed by atoms with Gasteiger partial charge in [0.1, 0.15) is 5.82 Å². The van der Waals surface area contributed by atoms with E-state index in [0.717, 1.165) is 0 Å². The monoisotopic (exact) mass is 297 g/mol. The van der Waals surface area contributed by atoms with Gasteiger partial charge in [-0.3, -0.25) is 0 Å². The quantitative estimate of drug-likeness (QED) is 0.851. The first-order chi connectivity index (χ1) is 9.72. The molecular weight excluding hydrogens is 281 g/mol. The van der Waals surface area contributed by atoms with Crippen LogP contribution in [0.4, 0.5) is 15.2 Å². The molecule has 5 nitrogen and oxygen atoms in total. The highest BCUT2D eigenvalue weighted by atomic mass is 32.1. The molecule has 0 unspecified atom stereocenters. The number of rotatable bonds is 7. The molecule has 0 bridgehead atoms. The summed E-state index contributed by atoms with van der Waals surface area (Å²) in [4.78, 5) is 4.29. The van der Waals surface area contributed by atoms with Gasteiger partial charge < -0.3 is 14.8 Å². The summed E-state index contributed by atoms with van der Waals surface area (Å²) >= 11 is 1.23. The highest BCUT2D eigenvalue weighted by Crippen LogP contribution is 2.24. The summed E-state index contributed by atoms with van der Waals surface area (Å²) in [7, 11) is 1.63. The van der Waals surface area contributed by atoms with E-state index in [1.165, 1.54) is 17.6 Å². The molecule has 0 aliphatic heterocycles. The summed E-state index contributed by atoms with van der Waals surface area (Å²) < 4.78 is 28.0. The summed E-state index contributed by atoms with van der Waals surface area (Å²) in [5.41, 5.74) is 0.611. The first-order valence-electron chi connectivity index (χ1n) is 6.23. The van der Waals surface area contributed by atoms with Crippen LogP contribution in [0.1, 0.15) is 12.7 Å². The second kappa shape index (κ2) is 7.16. The van der Waals surface area contributed by atoms with Gasteiger partial charge in [-0.05, 0) is 19.1 Å². The lowest BCUT2D eigenvalue weighted by atomic mass is 10.3. The van der Waals surface area contributed by atoms with Gasteiger partial charge >= 0.3 is 0 Å². The van der Waals surface area contributed by atoms with E-state index in [9.17, 15) is 4.39 Å². The van der Waals surface area contributed by atoms with Crippen LogP contribution in [0.2, 0.25) is 0 Å². The van der Waals surface area contributed by atoms with Gasteiger partial charge in [-0.25, -0.2) is 9.37 Å². The van der Waals surface area contributed by atoms with Crippen LogP contribution in [-0.4, -0.2) is 29.7 Å². The average Bonchev–Trinajstić information content (AvgIpc) is 2.87. The second-order valence-electron chi connectivity index (χ2n) is 3.96. The van der Waals surface area contributed by atoms with Gasteiger partial charge in [0.25, 0.3) is 0 Å². The zero-order chi connectivity index (χ0) is 14.4. The summed E-state index contributed by atoms with van der Waals surface area (Å²) in [6.07, 6.45) is 0.659. The minimum Gasteiger partial charge on any atom is -0.491 e. The van der Waals surface area contributed by atoms with Crippen molar-refractivity contribution in [2.75, 3.05) is 25.6 Å².